The first-order chi connectivity index (χ1) is 11.8. The van der Waals surface area contributed by atoms with Gasteiger partial charge in [0.25, 0.3) is 0 Å². The standard InChI is InChI=1S/C16H20N6O2/c1-20-9-13(8-17-20)16-12-21(10-14-2-6-23-18-14)4-5-22(16)11-15-3-7-24-19-15/h2-3,6-9,16H,4-5,10-12H2,1H3/t16-/m0/s1. The minimum absolute atomic E-state index is 0.260. The second kappa shape index (κ2) is 6.58. The number of aryl methyl sites for hydroxylation is 1. The molecule has 8 nitrogen and oxygen atoms in total. The maximum absolute atomic E-state index is 4.97. The summed E-state index contributed by atoms with van der Waals surface area (Å²) in [6.45, 7) is 4.40. The molecule has 8 heteroatoms. The highest BCUT2D eigenvalue weighted by Gasteiger charge is 2.30. The van der Waals surface area contributed by atoms with E-state index < -0.39 is 0 Å². The lowest BCUT2D eigenvalue weighted by atomic mass is 10.1. The van der Waals surface area contributed by atoms with Gasteiger partial charge >= 0.3 is 0 Å². The van der Waals surface area contributed by atoms with E-state index in [2.05, 4.69) is 31.4 Å². The Kier molecular flexibility index (Phi) is 4.14. The second-order valence-electron chi connectivity index (χ2n) is 6.15. The Hall–Kier alpha value is -2.45. The zero-order valence-electron chi connectivity index (χ0n) is 13.6. The SMILES string of the molecule is Cn1cc([C@@H]2CN(Cc3ccon3)CCN2Cc2ccon2)cn1. The van der Waals surface area contributed by atoms with Gasteiger partial charge in [0.05, 0.1) is 23.6 Å². The summed E-state index contributed by atoms with van der Waals surface area (Å²) >= 11 is 0. The molecule has 24 heavy (non-hydrogen) atoms. The van der Waals surface area contributed by atoms with Crippen LogP contribution in [0.1, 0.15) is 23.0 Å². The van der Waals surface area contributed by atoms with Gasteiger partial charge in [0.15, 0.2) is 0 Å². The molecular formula is C16H20N6O2. The zero-order valence-corrected chi connectivity index (χ0v) is 13.6. The van der Waals surface area contributed by atoms with Gasteiger partial charge in [0.1, 0.15) is 12.5 Å². The summed E-state index contributed by atoms with van der Waals surface area (Å²) in [7, 11) is 1.95. The van der Waals surface area contributed by atoms with Crippen molar-refractivity contribution in [2.24, 2.45) is 7.05 Å². The molecule has 4 heterocycles. The van der Waals surface area contributed by atoms with Gasteiger partial charge in [-0.05, 0) is 0 Å². The lowest BCUT2D eigenvalue weighted by Crippen LogP contribution is -2.47. The first-order valence-corrected chi connectivity index (χ1v) is 8.01. The van der Waals surface area contributed by atoms with Crippen molar-refractivity contribution in [1.82, 2.24) is 29.9 Å². The van der Waals surface area contributed by atoms with Gasteiger partial charge in [-0.3, -0.25) is 14.5 Å². The largest absolute Gasteiger partial charge is 0.364 e. The quantitative estimate of drug-likeness (QED) is 0.701. The predicted molar refractivity (Wildman–Crippen MR) is 84.6 cm³/mol. The predicted octanol–water partition coefficient (Wildman–Crippen LogP) is 1.46. The minimum atomic E-state index is 0.260. The molecule has 0 aromatic carbocycles. The van der Waals surface area contributed by atoms with E-state index >= 15 is 0 Å². The van der Waals surface area contributed by atoms with Crippen LogP contribution in [0.4, 0.5) is 0 Å². The van der Waals surface area contributed by atoms with E-state index in [0.717, 1.165) is 44.1 Å². The molecule has 1 atom stereocenters. The third-order valence-electron chi connectivity index (χ3n) is 4.42. The Balaban J connectivity index is 1.51. The topological polar surface area (TPSA) is 76.4 Å². The summed E-state index contributed by atoms with van der Waals surface area (Å²) in [6, 6.07) is 4.10. The normalized spacial score (nSPS) is 19.8. The van der Waals surface area contributed by atoms with E-state index in [4.69, 9.17) is 9.05 Å². The summed E-state index contributed by atoms with van der Waals surface area (Å²) in [5, 5.41) is 12.4. The molecule has 3 aromatic rings. The first kappa shape index (κ1) is 15.1. The van der Waals surface area contributed by atoms with E-state index in [0.29, 0.717) is 0 Å². The molecule has 0 aliphatic carbocycles. The molecule has 0 saturated carbocycles. The van der Waals surface area contributed by atoms with Crippen LogP contribution in [-0.4, -0.2) is 49.5 Å². The maximum atomic E-state index is 4.97. The van der Waals surface area contributed by atoms with Crippen LogP contribution >= 0.6 is 0 Å². The van der Waals surface area contributed by atoms with Gasteiger partial charge in [-0.15, -0.1) is 0 Å². The lowest BCUT2D eigenvalue weighted by molar-refractivity contribution is 0.0607. The average molecular weight is 328 g/mol. The van der Waals surface area contributed by atoms with Crippen LogP contribution in [0.15, 0.2) is 46.1 Å². The highest BCUT2D eigenvalue weighted by atomic mass is 16.5. The van der Waals surface area contributed by atoms with Gasteiger partial charge in [0.2, 0.25) is 0 Å². The molecule has 0 spiro atoms. The van der Waals surface area contributed by atoms with Gasteiger partial charge in [-0.1, -0.05) is 10.3 Å². The van der Waals surface area contributed by atoms with Crippen LogP contribution in [-0.2, 0) is 20.1 Å². The third kappa shape index (κ3) is 3.24. The lowest BCUT2D eigenvalue weighted by Gasteiger charge is -2.40. The molecule has 3 aromatic heterocycles. The molecule has 0 unspecified atom stereocenters. The number of hydrogen-bond acceptors (Lipinski definition) is 7. The van der Waals surface area contributed by atoms with Crippen molar-refractivity contribution >= 4 is 0 Å². The highest BCUT2D eigenvalue weighted by Crippen LogP contribution is 2.27. The number of hydrogen-bond donors (Lipinski definition) is 0. The molecule has 1 aliphatic heterocycles. The van der Waals surface area contributed by atoms with Gasteiger partial charge < -0.3 is 9.05 Å². The molecule has 1 saturated heterocycles. The summed E-state index contributed by atoms with van der Waals surface area (Å²) in [4.78, 5) is 4.82. The highest BCUT2D eigenvalue weighted by molar-refractivity contribution is 5.13. The Morgan fingerprint density at radius 1 is 1.08 bits per heavy atom. The molecule has 0 bridgehead atoms. The number of piperazine rings is 1. The number of aromatic nitrogens is 4. The molecule has 1 aliphatic rings. The Morgan fingerprint density at radius 3 is 2.46 bits per heavy atom. The van der Waals surface area contributed by atoms with Crippen molar-refractivity contribution in [2.75, 3.05) is 19.6 Å². The van der Waals surface area contributed by atoms with E-state index in [1.165, 1.54) is 5.56 Å². The van der Waals surface area contributed by atoms with Gasteiger partial charge in [-0.25, -0.2) is 0 Å². The molecule has 0 amide bonds. The van der Waals surface area contributed by atoms with Crippen molar-refractivity contribution < 1.29 is 9.05 Å². The van der Waals surface area contributed by atoms with Crippen LogP contribution in [0.2, 0.25) is 0 Å². The van der Waals surface area contributed by atoms with E-state index in [1.54, 1.807) is 12.5 Å². The molecule has 0 N–H and O–H groups in total. The van der Waals surface area contributed by atoms with Crippen LogP contribution in [0.5, 0.6) is 0 Å². The van der Waals surface area contributed by atoms with E-state index in [1.807, 2.05) is 30.1 Å². The van der Waals surface area contributed by atoms with Gasteiger partial charge in [0, 0.05) is 63.7 Å². The smallest absolute Gasteiger partial charge is 0.124 e. The van der Waals surface area contributed by atoms with Crippen LogP contribution in [0, 0.1) is 0 Å². The Morgan fingerprint density at radius 2 is 1.83 bits per heavy atom. The summed E-state index contributed by atoms with van der Waals surface area (Å²) in [5.74, 6) is 0. The zero-order chi connectivity index (χ0) is 16.4. The minimum Gasteiger partial charge on any atom is -0.364 e. The van der Waals surface area contributed by atoms with Gasteiger partial charge in [-0.2, -0.15) is 5.10 Å². The fraction of sp³-hybridized carbons (Fsp3) is 0.438. The van der Waals surface area contributed by atoms with E-state index in [-0.39, 0.29) is 6.04 Å². The summed E-state index contributed by atoms with van der Waals surface area (Å²) in [5.41, 5.74) is 3.13. The van der Waals surface area contributed by atoms with E-state index in [9.17, 15) is 0 Å². The first-order valence-electron chi connectivity index (χ1n) is 8.01. The number of nitrogens with zero attached hydrogens (tertiary/aromatic N) is 6. The monoisotopic (exact) mass is 328 g/mol. The Labute approximate surface area is 139 Å². The molecule has 4 rings (SSSR count). The molecule has 0 radical (unpaired) electrons. The third-order valence-corrected chi connectivity index (χ3v) is 4.42. The maximum Gasteiger partial charge on any atom is 0.124 e. The van der Waals surface area contributed by atoms with Crippen LogP contribution in [0.3, 0.4) is 0 Å². The molecular weight excluding hydrogens is 308 g/mol. The average Bonchev–Trinajstić information content (AvgIpc) is 3.32. The van der Waals surface area contributed by atoms with Crippen molar-refractivity contribution in [3.8, 4) is 0 Å². The van der Waals surface area contributed by atoms with Crippen LogP contribution in [0.25, 0.3) is 0 Å². The molecule has 126 valence electrons. The van der Waals surface area contributed by atoms with Crippen molar-refractivity contribution in [2.45, 2.75) is 19.1 Å². The van der Waals surface area contributed by atoms with Crippen molar-refractivity contribution in [3.05, 3.63) is 54.0 Å². The van der Waals surface area contributed by atoms with Crippen molar-refractivity contribution in [1.29, 1.82) is 0 Å². The number of rotatable bonds is 5. The summed E-state index contributed by atoms with van der Waals surface area (Å²) in [6.07, 6.45) is 7.27. The van der Waals surface area contributed by atoms with Crippen molar-refractivity contribution in [3.63, 3.8) is 0 Å². The summed E-state index contributed by atoms with van der Waals surface area (Å²) < 4.78 is 11.8. The second-order valence-corrected chi connectivity index (χ2v) is 6.15. The molecule has 1 fully saturated rings. The fourth-order valence-corrected chi connectivity index (χ4v) is 3.21. The fourth-order valence-electron chi connectivity index (χ4n) is 3.21. The van der Waals surface area contributed by atoms with Crippen LogP contribution < -0.4 is 0 Å². The Bertz CT molecular complexity index is 751.